The average molecular weight is 434 g/mol. The van der Waals surface area contributed by atoms with Gasteiger partial charge in [-0.15, -0.1) is 11.3 Å². The second kappa shape index (κ2) is 8.71. The Labute approximate surface area is 149 Å². The molecule has 1 aromatic heterocycles. The Kier molecular flexibility index (Phi) is 6.94. The Morgan fingerprint density at radius 1 is 1.55 bits per heavy atom. The van der Waals surface area contributed by atoms with Crippen molar-refractivity contribution in [3.8, 4) is 0 Å². The minimum atomic E-state index is 0.236. The van der Waals surface area contributed by atoms with Crippen LogP contribution in [-0.2, 0) is 11.2 Å². The Balaban J connectivity index is 1.72. The summed E-state index contributed by atoms with van der Waals surface area (Å²) in [7, 11) is 1.79. The number of rotatable bonds is 5. The third-order valence-electron chi connectivity index (χ3n) is 3.70. The van der Waals surface area contributed by atoms with Gasteiger partial charge in [0, 0.05) is 44.0 Å². The summed E-state index contributed by atoms with van der Waals surface area (Å²) in [6, 6.07) is 4.62. The van der Waals surface area contributed by atoms with Gasteiger partial charge in [0.05, 0.1) is 2.88 Å². The number of hydrogen-bond acceptors (Lipinski definition) is 3. The first-order valence-corrected chi connectivity index (χ1v) is 9.51. The van der Waals surface area contributed by atoms with E-state index in [4.69, 9.17) is 0 Å². The second-order valence-corrected chi connectivity index (χ2v) is 8.34. The van der Waals surface area contributed by atoms with Crippen LogP contribution in [0.15, 0.2) is 17.1 Å². The first-order valence-electron chi connectivity index (χ1n) is 7.61. The molecule has 0 radical (unpaired) electrons. The van der Waals surface area contributed by atoms with Crippen LogP contribution in [0.4, 0.5) is 0 Å². The predicted octanol–water partition coefficient (Wildman–Crippen LogP) is 2.07. The van der Waals surface area contributed by atoms with Crippen LogP contribution in [-0.4, -0.2) is 49.5 Å². The van der Waals surface area contributed by atoms with Crippen LogP contribution >= 0.6 is 33.9 Å². The molecule has 0 bridgehead atoms. The number of nitrogens with one attached hydrogen (secondary N) is 2. The van der Waals surface area contributed by atoms with E-state index in [2.05, 4.69) is 50.3 Å². The van der Waals surface area contributed by atoms with Crippen LogP contribution in [0.25, 0.3) is 0 Å². The van der Waals surface area contributed by atoms with Crippen molar-refractivity contribution in [3.63, 3.8) is 0 Å². The van der Waals surface area contributed by atoms with Gasteiger partial charge in [-0.1, -0.05) is 6.92 Å². The van der Waals surface area contributed by atoms with Crippen molar-refractivity contribution in [1.29, 1.82) is 0 Å². The van der Waals surface area contributed by atoms with E-state index in [1.165, 1.54) is 7.76 Å². The van der Waals surface area contributed by atoms with Gasteiger partial charge in [-0.05, 0) is 47.6 Å². The highest BCUT2D eigenvalue weighted by molar-refractivity contribution is 14.1. The Hall–Kier alpha value is -0.830. The zero-order chi connectivity index (χ0) is 15.9. The molecule has 1 aliphatic heterocycles. The van der Waals surface area contributed by atoms with Crippen molar-refractivity contribution < 1.29 is 4.79 Å². The summed E-state index contributed by atoms with van der Waals surface area (Å²) in [5.41, 5.74) is 0. The molecule has 2 rings (SSSR count). The molecule has 2 heterocycles. The number of amides is 1. The number of guanidine groups is 1. The number of aliphatic imine (C=N–C) groups is 1. The predicted molar refractivity (Wildman–Crippen MR) is 101 cm³/mol. The quantitative estimate of drug-likeness (QED) is 0.424. The van der Waals surface area contributed by atoms with Crippen LogP contribution in [0.1, 0.15) is 24.6 Å². The van der Waals surface area contributed by atoms with E-state index in [0.29, 0.717) is 12.5 Å². The Morgan fingerprint density at radius 3 is 3.00 bits per heavy atom. The van der Waals surface area contributed by atoms with E-state index >= 15 is 0 Å². The summed E-state index contributed by atoms with van der Waals surface area (Å²) in [5.74, 6) is 1.06. The normalized spacial score (nSPS) is 18.6. The number of likely N-dealkylation sites (tertiary alicyclic amines) is 1. The van der Waals surface area contributed by atoms with Crippen molar-refractivity contribution in [2.24, 2.45) is 4.99 Å². The van der Waals surface area contributed by atoms with E-state index in [0.717, 1.165) is 38.4 Å². The zero-order valence-corrected chi connectivity index (χ0v) is 16.0. The molecular formula is C15H23IN4OS. The number of nitrogens with zero attached hydrogens (tertiary/aromatic N) is 2. The lowest BCUT2D eigenvalue weighted by Gasteiger charge is -2.18. The number of carbonyl (C=O) groups excluding carboxylic acids is 1. The lowest BCUT2D eigenvalue weighted by atomic mass is 10.3. The summed E-state index contributed by atoms with van der Waals surface area (Å²) in [6.07, 6.45) is 2.56. The molecule has 22 heavy (non-hydrogen) atoms. The maximum atomic E-state index is 11.7. The molecule has 0 saturated carbocycles. The van der Waals surface area contributed by atoms with Gasteiger partial charge in [0.25, 0.3) is 0 Å². The summed E-state index contributed by atoms with van der Waals surface area (Å²) < 4.78 is 1.32. The number of thiophene rings is 1. The fraction of sp³-hybridized carbons (Fsp3) is 0.600. The standard InChI is InChI=1S/C15H23IN4OS/c1-3-14(21)20-9-7-11(10-20)19-15(17-2)18-8-6-12-4-5-13(16)22-12/h4-5,11H,3,6-10H2,1-2H3,(H2,17,18,19). The Bertz CT molecular complexity index is 531. The molecule has 5 nitrogen and oxygen atoms in total. The van der Waals surface area contributed by atoms with E-state index < -0.39 is 0 Å². The maximum absolute atomic E-state index is 11.7. The molecule has 1 atom stereocenters. The topological polar surface area (TPSA) is 56.7 Å². The average Bonchev–Trinajstić information content (AvgIpc) is 3.14. The molecule has 1 unspecified atom stereocenters. The van der Waals surface area contributed by atoms with Crippen molar-refractivity contribution in [2.75, 3.05) is 26.7 Å². The van der Waals surface area contributed by atoms with Crippen molar-refractivity contribution >= 4 is 45.8 Å². The maximum Gasteiger partial charge on any atom is 0.222 e. The third kappa shape index (κ3) is 5.12. The number of carbonyl (C=O) groups is 1. The van der Waals surface area contributed by atoms with Gasteiger partial charge in [0.15, 0.2) is 5.96 Å². The van der Waals surface area contributed by atoms with Gasteiger partial charge < -0.3 is 15.5 Å². The second-order valence-electron chi connectivity index (χ2n) is 5.28. The minimum absolute atomic E-state index is 0.236. The molecular weight excluding hydrogens is 411 g/mol. The van der Waals surface area contributed by atoms with Gasteiger partial charge in [-0.2, -0.15) is 0 Å². The highest BCUT2D eigenvalue weighted by Gasteiger charge is 2.25. The fourth-order valence-electron chi connectivity index (χ4n) is 2.51. The Morgan fingerprint density at radius 2 is 2.36 bits per heavy atom. The smallest absolute Gasteiger partial charge is 0.222 e. The lowest BCUT2D eigenvalue weighted by molar-refractivity contribution is -0.129. The molecule has 1 aromatic rings. The van der Waals surface area contributed by atoms with E-state index in [1.807, 2.05) is 23.2 Å². The summed E-state index contributed by atoms with van der Waals surface area (Å²) in [6.45, 7) is 4.39. The molecule has 1 saturated heterocycles. The molecule has 0 aliphatic carbocycles. The molecule has 1 amide bonds. The number of halogens is 1. The lowest BCUT2D eigenvalue weighted by Crippen LogP contribution is -2.45. The van der Waals surface area contributed by atoms with Gasteiger partial charge >= 0.3 is 0 Å². The molecule has 1 aliphatic rings. The molecule has 0 spiro atoms. The van der Waals surface area contributed by atoms with Crippen molar-refractivity contribution in [3.05, 3.63) is 19.9 Å². The molecule has 1 fully saturated rings. The third-order valence-corrected chi connectivity index (χ3v) is 5.65. The fourth-order valence-corrected chi connectivity index (χ4v) is 4.26. The minimum Gasteiger partial charge on any atom is -0.356 e. The van der Waals surface area contributed by atoms with E-state index in [9.17, 15) is 4.79 Å². The monoisotopic (exact) mass is 434 g/mol. The van der Waals surface area contributed by atoms with Gasteiger partial charge in [-0.25, -0.2) is 0 Å². The summed E-state index contributed by atoms with van der Waals surface area (Å²) >= 11 is 4.17. The van der Waals surface area contributed by atoms with Crippen LogP contribution < -0.4 is 10.6 Å². The van der Waals surface area contributed by atoms with Gasteiger partial charge in [0.2, 0.25) is 5.91 Å². The van der Waals surface area contributed by atoms with Crippen LogP contribution in [0, 0.1) is 2.88 Å². The van der Waals surface area contributed by atoms with Crippen LogP contribution in [0.5, 0.6) is 0 Å². The van der Waals surface area contributed by atoms with Gasteiger partial charge in [0.1, 0.15) is 0 Å². The van der Waals surface area contributed by atoms with Crippen molar-refractivity contribution in [1.82, 2.24) is 15.5 Å². The van der Waals surface area contributed by atoms with Crippen LogP contribution in [0.2, 0.25) is 0 Å². The van der Waals surface area contributed by atoms with E-state index in [-0.39, 0.29) is 5.91 Å². The summed E-state index contributed by atoms with van der Waals surface area (Å²) in [5, 5.41) is 6.76. The van der Waals surface area contributed by atoms with Crippen molar-refractivity contribution in [2.45, 2.75) is 32.2 Å². The highest BCUT2D eigenvalue weighted by Crippen LogP contribution is 2.18. The van der Waals surface area contributed by atoms with Crippen LogP contribution in [0.3, 0.4) is 0 Å². The first kappa shape index (κ1) is 17.5. The molecule has 0 aromatic carbocycles. The van der Waals surface area contributed by atoms with E-state index in [1.54, 1.807) is 7.05 Å². The SMILES string of the molecule is CCC(=O)N1CCC(NC(=NC)NCCc2ccc(I)s2)C1. The number of hydrogen-bond donors (Lipinski definition) is 2. The zero-order valence-electron chi connectivity index (χ0n) is 13.1. The summed E-state index contributed by atoms with van der Waals surface area (Å²) in [4.78, 5) is 19.3. The first-order chi connectivity index (χ1) is 10.6. The largest absolute Gasteiger partial charge is 0.356 e. The molecule has 2 N–H and O–H groups in total. The molecule has 7 heteroatoms. The highest BCUT2D eigenvalue weighted by atomic mass is 127. The van der Waals surface area contributed by atoms with Gasteiger partial charge in [-0.3, -0.25) is 9.79 Å². The molecule has 122 valence electrons.